The maximum absolute atomic E-state index is 12.2. The first-order chi connectivity index (χ1) is 17.4. The summed E-state index contributed by atoms with van der Waals surface area (Å²) in [5.74, 6) is -0.103. The zero-order chi connectivity index (χ0) is 26.0. The smallest absolute Gasteiger partial charge is 0.280 e. The molecule has 14 heteroatoms. The molecule has 1 aliphatic rings. The molecule has 3 heterocycles. The lowest BCUT2D eigenvalue weighted by molar-refractivity contribution is -0.151. The van der Waals surface area contributed by atoms with E-state index in [0.29, 0.717) is 13.0 Å². The monoisotopic (exact) mass is 511 g/mol. The summed E-state index contributed by atoms with van der Waals surface area (Å²) in [6.07, 6.45) is -0.356. The van der Waals surface area contributed by atoms with Crippen molar-refractivity contribution >= 4 is 17.1 Å². The number of imidazole rings is 1. The van der Waals surface area contributed by atoms with Gasteiger partial charge in [-0.1, -0.05) is 6.92 Å². The lowest BCUT2D eigenvalue weighted by Crippen LogP contribution is -2.46. The number of aromatic nitrogens is 4. The zero-order valence-electron chi connectivity index (χ0n) is 20.9. The number of aliphatic hydroxyl groups is 3. The number of anilines is 1. The molecule has 1 saturated heterocycles. The second kappa shape index (κ2) is 13.9. The molecule has 2 aromatic rings. The summed E-state index contributed by atoms with van der Waals surface area (Å²) >= 11 is 0. The molecule has 1 aliphatic heterocycles. The van der Waals surface area contributed by atoms with Gasteiger partial charge < -0.3 is 47.1 Å². The van der Waals surface area contributed by atoms with Crippen LogP contribution in [0.25, 0.3) is 11.2 Å². The van der Waals surface area contributed by atoms with Crippen LogP contribution in [0.4, 0.5) is 5.95 Å². The van der Waals surface area contributed by atoms with E-state index >= 15 is 0 Å². The first-order valence-electron chi connectivity index (χ1n) is 12.7. The highest BCUT2D eigenvalue weighted by molar-refractivity contribution is 5.70. The van der Waals surface area contributed by atoms with Crippen molar-refractivity contribution in [2.45, 2.75) is 50.2 Å². The number of rotatable bonds is 17. The molecule has 10 N–H and O–H groups in total. The Labute approximate surface area is 210 Å². The first-order valence-corrected chi connectivity index (χ1v) is 12.7. The average molecular weight is 512 g/mol. The molecule has 0 aromatic carbocycles. The minimum Gasteiger partial charge on any atom is -0.394 e. The Hall–Kier alpha value is -2.17. The third-order valence-corrected chi connectivity index (χ3v) is 6.29. The van der Waals surface area contributed by atoms with Crippen LogP contribution < -0.4 is 32.6 Å². The molecule has 0 spiro atoms. The number of hydrogen-bond acceptors (Lipinski definition) is 12. The van der Waals surface area contributed by atoms with E-state index in [2.05, 4.69) is 43.1 Å². The van der Waals surface area contributed by atoms with Crippen molar-refractivity contribution in [1.82, 2.24) is 40.8 Å². The van der Waals surface area contributed by atoms with Gasteiger partial charge in [-0.25, -0.2) is 4.98 Å². The van der Waals surface area contributed by atoms with Crippen LogP contribution in [0.3, 0.4) is 0 Å². The molecule has 0 aliphatic carbocycles. The predicted molar refractivity (Wildman–Crippen MR) is 136 cm³/mol. The Morgan fingerprint density at radius 3 is 2.28 bits per heavy atom. The van der Waals surface area contributed by atoms with Crippen LogP contribution in [0.2, 0.25) is 0 Å². The van der Waals surface area contributed by atoms with Gasteiger partial charge in [0, 0.05) is 39.3 Å². The molecule has 0 radical (unpaired) electrons. The fourth-order valence-electron chi connectivity index (χ4n) is 4.42. The van der Waals surface area contributed by atoms with Crippen LogP contribution in [-0.4, -0.2) is 112 Å². The van der Waals surface area contributed by atoms with E-state index in [1.165, 1.54) is 10.9 Å². The van der Waals surface area contributed by atoms with Crippen molar-refractivity contribution in [1.29, 1.82) is 0 Å². The van der Waals surface area contributed by atoms with Crippen molar-refractivity contribution in [3.8, 4) is 0 Å². The predicted octanol–water partition coefficient (Wildman–Crippen LogP) is -2.98. The molecular formula is C22H41N9O5. The fraction of sp³-hybridized carbons (Fsp3) is 0.773. The second-order valence-corrected chi connectivity index (χ2v) is 8.96. The van der Waals surface area contributed by atoms with Gasteiger partial charge in [0.2, 0.25) is 5.95 Å². The van der Waals surface area contributed by atoms with E-state index in [9.17, 15) is 20.1 Å². The highest BCUT2D eigenvalue weighted by Gasteiger charge is 2.55. The zero-order valence-corrected chi connectivity index (χ0v) is 20.9. The number of ether oxygens (including phenoxy) is 1. The largest absolute Gasteiger partial charge is 0.394 e. The average Bonchev–Trinajstić information content (AvgIpc) is 3.39. The van der Waals surface area contributed by atoms with Crippen LogP contribution >= 0.6 is 0 Å². The minimum absolute atomic E-state index is 0.0391. The normalized spacial score (nSPS) is 24.2. The third kappa shape index (κ3) is 6.77. The number of aromatic amines is 1. The Bertz CT molecular complexity index is 986. The molecule has 0 unspecified atom stereocenters. The highest BCUT2D eigenvalue weighted by atomic mass is 16.6. The lowest BCUT2D eigenvalue weighted by atomic mass is 9.97. The number of hydrogen-bond donors (Lipinski definition) is 9. The summed E-state index contributed by atoms with van der Waals surface area (Å²) < 4.78 is 7.43. The number of nitrogens with zero attached hydrogens (tertiary/aromatic N) is 3. The van der Waals surface area contributed by atoms with E-state index in [4.69, 9.17) is 10.5 Å². The van der Waals surface area contributed by atoms with Crippen molar-refractivity contribution in [2.75, 3.05) is 64.7 Å². The van der Waals surface area contributed by atoms with Crippen molar-refractivity contribution in [2.24, 2.45) is 0 Å². The number of nitrogen functional groups attached to an aromatic ring is 1. The highest BCUT2D eigenvalue weighted by Crippen LogP contribution is 2.40. The molecule has 1 fully saturated rings. The summed E-state index contributed by atoms with van der Waals surface area (Å²) in [6.45, 7) is 8.62. The Kier molecular flexibility index (Phi) is 11.0. The minimum atomic E-state index is -1.47. The van der Waals surface area contributed by atoms with Crippen LogP contribution in [-0.2, 0) is 10.5 Å². The van der Waals surface area contributed by atoms with E-state index in [1.54, 1.807) is 0 Å². The van der Waals surface area contributed by atoms with Crippen molar-refractivity contribution in [3.05, 3.63) is 16.7 Å². The number of nitrogens with two attached hydrogens (primary N) is 1. The summed E-state index contributed by atoms with van der Waals surface area (Å²) in [5, 5.41) is 44.5. The van der Waals surface area contributed by atoms with Gasteiger partial charge in [0.15, 0.2) is 16.9 Å². The quantitative estimate of drug-likeness (QED) is 0.0975. The van der Waals surface area contributed by atoms with E-state index < -0.39 is 36.2 Å². The molecule has 0 bridgehead atoms. The van der Waals surface area contributed by atoms with Gasteiger partial charge in [-0.15, -0.1) is 0 Å². The van der Waals surface area contributed by atoms with Crippen LogP contribution in [0.5, 0.6) is 0 Å². The number of aliphatic hydroxyl groups excluding tert-OH is 3. The van der Waals surface area contributed by atoms with Gasteiger partial charge in [-0.05, 0) is 32.4 Å². The molecule has 0 saturated carbocycles. The summed E-state index contributed by atoms with van der Waals surface area (Å²) in [6, 6.07) is 0. The van der Waals surface area contributed by atoms with Crippen LogP contribution in [0.15, 0.2) is 11.1 Å². The van der Waals surface area contributed by atoms with Gasteiger partial charge in [-0.3, -0.25) is 14.3 Å². The molecule has 204 valence electrons. The van der Waals surface area contributed by atoms with Gasteiger partial charge in [0.25, 0.3) is 5.56 Å². The number of fused-ring (bicyclic) bond motifs is 1. The fourth-order valence-corrected chi connectivity index (χ4v) is 4.42. The van der Waals surface area contributed by atoms with Gasteiger partial charge in [0.1, 0.15) is 18.3 Å². The molecule has 36 heavy (non-hydrogen) atoms. The van der Waals surface area contributed by atoms with Gasteiger partial charge >= 0.3 is 0 Å². The second-order valence-electron chi connectivity index (χ2n) is 8.96. The summed E-state index contributed by atoms with van der Waals surface area (Å²) in [4.78, 5) is 22.9. The Balaban J connectivity index is 1.49. The summed E-state index contributed by atoms with van der Waals surface area (Å²) in [7, 11) is 0. The number of nitrogens with one attached hydrogen (secondary N) is 5. The van der Waals surface area contributed by atoms with Gasteiger partial charge in [-0.2, -0.15) is 4.98 Å². The van der Waals surface area contributed by atoms with E-state index in [-0.39, 0.29) is 23.5 Å². The molecule has 2 aromatic heterocycles. The standard InChI is InChI=1S/C22H41N9O5/c1-2-5-24-7-9-26-11-12-27-10-8-25-6-3-4-22(18(34)17(33)15(13-32)36-22)31-14-28-16-19(31)29-21(23)30-20(16)35/h14-15,17-18,24-27,32-34H,2-13H2,1H3,(H3,23,29,30,35)/t15-,17-,18-,22-/m1/s1. The first kappa shape index (κ1) is 28.4. The molecule has 4 atom stereocenters. The lowest BCUT2D eigenvalue weighted by Gasteiger charge is -2.34. The molecule has 0 amide bonds. The summed E-state index contributed by atoms with van der Waals surface area (Å²) in [5.41, 5.74) is 3.91. The molecular weight excluding hydrogens is 470 g/mol. The van der Waals surface area contributed by atoms with Crippen molar-refractivity contribution in [3.63, 3.8) is 0 Å². The topological polar surface area (TPSA) is 208 Å². The molecule has 14 nitrogen and oxygen atoms in total. The Morgan fingerprint density at radius 2 is 1.69 bits per heavy atom. The Morgan fingerprint density at radius 1 is 1.08 bits per heavy atom. The van der Waals surface area contributed by atoms with E-state index in [0.717, 1.165) is 52.2 Å². The maximum Gasteiger partial charge on any atom is 0.280 e. The molecule has 3 rings (SSSR count). The van der Waals surface area contributed by atoms with Crippen LogP contribution in [0.1, 0.15) is 26.2 Å². The van der Waals surface area contributed by atoms with Crippen LogP contribution in [0, 0.1) is 0 Å². The third-order valence-electron chi connectivity index (χ3n) is 6.29. The van der Waals surface area contributed by atoms with E-state index in [1.807, 2.05) is 0 Å². The SMILES string of the molecule is CCCNCCNCCNCCNCCC[C@@]1(n2cnc3c(=O)[nH]c(N)nc32)O[C@H](CO)[C@@H](O)[C@H]1O. The van der Waals surface area contributed by atoms with Gasteiger partial charge in [0.05, 0.1) is 12.9 Å². The maximum atomic E-state index is 12.2. The number of H-pyrrole nitrogens is 1. The van der Waals surface area contributed by atoms with Crippen molar-refractivity contribution < 1.29 is 20.1 Å².